The maximum atomic E-state index is 12.5. The molecule has 2 heterocycles. The zero-order valence-corrected chi connectivity index (χ0v) is 22.0. The fourth-order valence-corrected chi connectivity index (χ4v) is 5.32. The van der Waals surface area contributed by atoms with Gasteiger partial charge in [-0.15, -0.1) is 21.6 Å². The number of fused-ring (bicyclic) bond motifs is 1. The molecule has 0 unspecified atom stereocenters. The number of hydrogen-bond acceptors (Lipinski definition) is 8. The Morgan fingerprint density at radius 3 is 2.41 bits per heavy atom. The number of thiophene rings is 1. The van der Waals surface area contributed by atoms with Crippen LogP contribution < -0.4 is 4.90 Å². The summed E-state index contributed by atoms with van der Waals surface area (Å²) in [4.78, 5) is 40.0. The number of azo groups is 1. The largest absolute Gasteiger partial charge is 0.372 e. The van der Waals surface area contributed by atoms with Gasteiger partial charge >= 0.3 is 0 Å². The molecule has 8 nitrogen and oxygen atoms in total. The van der Waals surface area contributed by atoms with Crippen LogP contribution in [0.25, 0.3) is 0 Å². The van der Waals surface area contributed by atoms with Gasteiger partial charge < -0.3 is 4.90 Å². The van der Waals surface area contributed by atoms with Gasteiger partial charge in [0.2, 0.25) is 0 Å². The molecule has 2 aromatic carbocycles. The summed E-state index contributed by atoms with van der Waals surface area (Å²) >= 11 is 7.08. The Morgan fingerprint density at radius 2 is 1.81 bits per heavy atom. The summed E-state index contributed by atoms with van der Waals surface area (Å²) in [5.41, 5.74) is 3.68. The number of aldehydes is 1. The van der Waals surface area contributed by atoms with E-state index in [2.05, 4.69) is 22.1 Å². The number of halogens is 1. The summed E-state index contributed by atoms with van der Waals surface area (Å²) in [5.74, 6) is -0.440. The molecule has 10 heteroatoms. The number of rotatable bonds is 10. The molecule has 0 saturated heterocycles. The first kappa shape index (κ1) is 26.2. The van der Waals surface area contributed by atoms with Crippen LogP contribution in [-0.2, 0) is 0 Å². The monoisotopic (exact) mass is 533 g/mol. The van der Waals surface area contributed by atoms with Crippen molar-refractivity contribution in [3.63, 3.8) is 0 Å². The quantitative estimate of drug-likeness (QED) is 0.124. The Bertz CT molecular complexity index is 1410. The molecule has 0 bridgehead atoms. The van der Waals surface area contributed by atoms with Gasteiger partial charge in [0.15, 0.2) is 11.3 Å². The van der Waals surface area contributed by atoms with E-state index in [1.54, 1.807) is 24.3 Å². The molecular formula is C27H24ClN5O3S. The Balaban J connectivity index is 1.36. The molecule has 37 heavy (non-hydrogen) atoms. The van der Waals surface area contributed by atoms with Crippen LogP contribution in [-0.4, -0.2) is 42.6 Å². The number of imide groups is 1. The van der Waals surface area contributed by atoms with Gasteiger partial charge in [-0.05, 0) is 62.6 Å². The fraction of sp³-hybridized carbons (Fsp3) is 0.259. The van der Waals surface area contributed by atoms with Gasteiger partial charge in [0.25, 0.3) is 11.8 Å². The summed E-state index contributed by atoms with van der Waals surface area (Å²) in [5, 5.41) is 18.1. The molecule has 0 radical (unpaired) electrons. The van der Waals surface area contributed by atoms with Crippen LogP contribution >= 0.6 is 22.9 Å². The number of nitriles is 1. The van der Waals surface area contributed by atoms with Crippen LogP contribution in [0.5, 0.6) is 0 Å². The van der Waals surface area contributed by atoms with Gasteiger partial charge in [-0.25, -0.2) is 0 Å². The normalized spacial score (nSPS) is 12.8. The maximum Gasteiger partial charge on any atom is 0.261 e. The number of anilines is 1. The first-order valence-electron chi connectivity index (χ1n) is 11.8. The standard InChI is InChI=1S/C27H24ClN5O3S/c1-3-32(12-6-7-13-33-26(35)19-8-4-5-9-20(19)27(33)36)18-10-11-22(17(2)14-18)30-31-25-21(15-29)24(28)23(16-34)37-25/h4-5,8-11,14,16H,3,6-7,12-13H2,1-2H3. The molecule has 188 valence electrons. The molecule has 0 atom stereocenters. The van der Waals surface area contributed by atoms with Crippen molar-refractivity contribution in [3.05, 3.63) is 74.6 Å². The van der Waals surface area contributed by atoms with Crippen molar-refractivity contribution in [3.8, 4) is 6.07 Å². The highest BCUT2D eigenvalue weighted by Gasteiger charge is 2.34. The van der Waals surface area contributed by atoms with Crippen molar-refractivity contribution < 1.29 is 14.4 Å². The van der Waals surface area contributed by atoms with Crippen LogP contribution in [0.1, 0.15) is 61.3 Å². The molecule has 0 saturated carbocycles. The van der Waals surface area contributed by atoms with Crippen molar-refractivity contribution in [2.24, 2.45) is 10.2 Å². The number of unbranched alkanes of at least 4 members (excludes halogenated alkanes) is 1. The van der Waals surface area contributed by atoms with Crippen molar-refractivity contribution in [2.75, 3.05) is 24.5 Å². The Hall–Kier alpha value is -3.87. The average molecular weight is 534 g/mol. The van der Waals surface area contributed by atoms with Gasteiger partial charge in [-0.1, -0.05) is 23.7 Å². The number of benzene rings is 2. The summed E-state index contributed by atoms with van der Waals surface area (Å²) in [6.45, 7) is 5.96. The van der Waals surface area contributed by atoms with Crippen LogP contribution in [0, 0.1) is 18.3 Å². The van der Waals surface area contributed by atoms with Gasteiger partial charge in [0, 0.05) is 25.3 Å². The number of carbonyl (C=O) groups is 3. The molecule has 0 aliphatic carbocycles. The lowest BCUT2D eigenvalue weighted by Gasteiger charge is -2.24. The van der Waals surface area contributed by atoms with E-state index in [0.717, 1.165) is 42.1 Å². The molecule has 0 spiro atoms. The smallest absolute Gasteiger partial charge is 0.261 e. The first-order chi connectivity index (χ1) is 17.9. The van der Waals surface area contributed by atoms with Crippen molar-refractivity contribution in [1.82, 2.24) is 4.90 Å². The average Bonchev–Trinajstić information content (AvgIpc) is 3.35. The van der Waals surface area contributed by atoms with Gasteiger partial charge in [0.1, 0.15) is 11.6 Å². The van der Waals surface area contributed by atoms with E-state index < -0.39 is 0 Å². The molecular weight excluding hydrogens is 510 g/mol. The first-order valence-corrected chi connectivity index (χ1v) is 13.0. The van der Waals surface area contributed by atoms with E-state index in [1.807, 2.05) is 31.2 Å². The minimum absolute atomic E-state index is 0.102. The maximum absolute atomic E-state index is 12.5. The van der Waals surface area contributed by atoms with Crippen LogP contribution in [0.15, 0.2) is 52.7 Å². The van der Waals surface area contributed by atoms with Gasteiger partial charge in [-0.3, -0.25) is 19.3 Å². The second-order valence-electron chi connectivity index (χ2n) is 8.46. The predicted molar refractivity (Wildman–Crippen MR) is 144 cm³/mol. The number of nitrogens with zero attached hydrogens (tertiary/aromatic N) is 5. The Morgan fingerprint density at radius 1 is 1.11 bits per heavy atom. The molecule has 3 aromatic rings. The lowest BCUT2D eigenvalue weighted by atomic mass is 10.1. The number of amides is 2. The molecule has 2 amide bonds. The van der Waals surface area contributed by atoms with Crippen molar-refractivity contribution in [2.45, 2.75) is 26.7 Å². The van der Waals surface area contributed by atoms with E-state index in [1.165, 1.54) is 4.90 Å². The highest BCUT2D eigenvalue weighted by Crippen LogP contribution is 2.39. The van der Waals surface area contributed by atoms with Crippen LogP contribution in [0.2, 0.25) is 5.02 Å². The minimum atomic E-state index is -0.220. The van der Waals surface area contributed by atoms with Crippen LogP contribution in [0.3, 0.4) is 0 Å². The Kier molecular flexibility index (Phi) is 8.11. The van der Waals surface area contributed by atoms with Gasteiger partial charge in [0.05, 0.1) is 26.7 Å². The molecule has 0 fully saturated rings. The summed E-state index contributed by atoms with van der Waals surface area (Å²) in [6.07, 6.45) is 2.13. The van der Waals surface area contributed by atoms with E-state index in [0.29, 0.717) is 41.1 Å². The van der Waals surface area contributed by atoms with E-state index >= 15 is 0 Å². The number of aryl methyl sites for hydroxylation is 1. The molecule has 0 N–H and O–H groups in total. The number of carbonyl (C=O) groups excluding carboxylic acids is 3. The third-order valence-electron chi connectivity index (χ3n) is 6.19. The molecule has 4 rings (SSSR count). The highest BCUT2D eigenvalue weighted by atomic mass is 35.5. The third-order valence-corrected chi connectivity index (χ3v) is 7.69. The van der Waals surface area contributed by atoms with Crippen LogP contribution in [0.4, 0.5) is 16.4 Å². The molecule has 1 aliphatic heterocycles. The lowest BCUT2D eigenvalue weighted by Crippen LogP contribution is -2.31. The highest BCUT2D eigenvalue weighted by molar-refractivity contribution is 7.18. The summed E-state index contributed by atoms with van der Waals surface area (Å²) in [6, 6.07) is 14.7. The second kappa shape index (κ2) is 11.5. The SMILES string of the molecule is CCN(CCCCN1C(=O)c2ccccc2C1=O)c1ccc(N=Nc2sc(C=O)c(Cl)c2C#N)c(C)c1. The second-order valence-corrected chi connectivity index (χ2v) is 9.86. The van der Waals surface area contributed by atoms with Crippen molar-refractivity contribution in [1.29, 1.82) is 5.26 Å². The lowest BCUT2D eigenvalue weighted by molar-refractivity contribution is 0.0651. The van der Waals surface area contributed by atoms with E-state index in [-0.39, 0.29) is 27.3 Å². The number of hydrogen-bond donors (Lipinski definition) is 0. The fourth-order valence-electron chi connectivity index (χ4n) is 4.19. The third kappa shape index (κ3) is 5.31. The zero-order valence-electron chi connectivity index (χ0n) is 20.4. The van der Waals surface area contributed by atoms with E-state index in [9.17, 15) is 19.6 Å². The van der Waals surface area contributed by atoms with Gasteiger partial charge in [-0.2, -0.15) is 5.26 Å². The molecule has 1 aliphatic rings. The topological polar surface area (TPSA) is 106 Å². The van der Waals surface area contributed by atoms with Crippen molar-refractivity contribution >= 4 is 57.4 Å². The summed E-state index contributed by atoms with van der Waals surface area (Å²) in [7, 11) is 0. The zero-order chi connectivity index (χ0) is 26.5. The molecule has 1 aromatic heterocycles. The minimum Gasteiger partial charge on any atom is -0.372 e. The predicted octanol–water partition coefficient (Wildman–Crippen LogP) is 6.71. The summed E-state index contributed by atoms with van der Waals surface area (Å²) < 4.78 is 0. The Labute approximate surface area is 223 Å². The van der Waals surface area contributed by atoms with E-state index in [4.69, 9.17) is 11.6 Å².